The number of methoxy groups -OCH3 is 1. The lowest BCUT2D eigenvalue weighted by molar-refractivity contribution is 0.240. The quantitative estimate of drug-likeness (QED) is 0.741. The number of rotatable bonds is 5. The van der Waals surface area contributed by atoms with Crippen LogP contribution in [0.15, 0.2) is 48.5 Å². The third kappa shape index (κ3) is 4.31. The van der Waals surface area contributed by atoms with Crippen LogP contribution >= 0.6 is 11.6 Å². The van der Waals surface area contributed by atoms with Gasteiger partial charge in [-0.15, -0.1) is 0 Å². The maximum absolute atomic E-state index is 12.5. The fraction of sp³-hybridized carbons (Fsp3) is 0.381. The highest BCUT2D eigenvalue weighted by Gasteiger charge is 2.34. The largest absolute Gasteiger partial charge is 0.495 e. The lowest BCUT2D eigenvalue weighted by Gasteiger charge is -2.38. The zero-order valence-corrected chi connectivity index (χ0v) is 15.8. The van der Waals surface area contributed by atoms with Crippen LogP contribution < -0.4 is 15.4 Å². The molecule has 138 valence electrons. The van der Waals surface area contributed by atoms with Gasteiger partial charge in [0, 0.05) is 17.0 Å². The minimum atomic E-state index is -0.244. The molecule has 1 aliphatic carbocycles. The molecule has 5 heteroatoms. The van der Waals surface area contributed by atoms with E-state index in [-0.39, 0.29) is 11.4 Å². The number of ether oxygens (including phenoxy) is 1. The van der Waals surface area contributed by atoms with Crippen LogP contribution in [0.2, 0.25) is 5.02 Å². The molecule has 1 aliphatic rings. The highest BCUT2D eigenvalue weighted by molar-refractivity contribution is 6.31. The Kier molecular flexibility index (Phi) is 6.04. The van der Waals surface area contributed by atoms with E-state index < -0.39 is 0 Å². The third-order valence-corrected chi connectivity index (χ3v) is 5.43. The maximum Gasteiger partial charge on any atom is 0.319 e. The maximum atomic E-state index is 12.5. The van der Waals surface area contributed by atoms with Gasteiger partial charge in [0.1, 0.15) is 5.75 Å². The van der Waals surface area contributed by atoms with Crippen LogP contribution in [0.5, 0.6) is 5.75 Å². The SMILES string of the molecule is COc1ccc(Cl)cc1NC(=O)NCC1(c2ccccc2)CCCCC1. The normalized spacial score (nSPS) is 15.9. The van der Waals surface area contributed by atoms with Gasteiger partial charge in [-0.05, 0) is 36.6 Å². The Balaban J connectivity index is 1.70. The smallest absolute Gasteiger partial charge is 0.319 e. The summed E-state index contributed by atoms with van der Waals surface area (Å²) in [7, 11) is 1.57. The standard InChI is InChI=1S/C21H25ClN2O2/c1-26-19-11-10-17(22)14-18(19)24-20(25)23-15-21(12-6-3-7-13-21)16-8-4-2-5-9-16/h2,4-5,8-11,14H,3,6-7,12-13,15H2,1H3,(H2,23,24,25). The summed E-state index contributed by atoms with van der Waals surface area (Å²) in [6.07, 6.45) is 5.84. The first kappa shape index (κ1) is 18.6. The lowest BCUT2D eigenvalue weighted by atomic mass is 9.69. The predicted molar refractivity (Wildman–Crippen MR) is 106 cm³/mol. The summed E-state index contributed by atoms with van der Waals surface area (Å²) in [6.45, 7) is 0.617. The van der Waals surface area contributed by atoms with E-state index in [1.807, 2.05) is 6.07 Å². The van der Waals surface area contributed by atoms with Crippen LogP contribution in [0.4, 0.5) is 10.5 Å². The van der Waals surface area contributed by atoms with Crippen molar-refractivity contribution >= 4 is 23.3 Å². The molecule has 2 N–H and O–H groups in total. The molecule has 2 aromatic carbocycles. The van der Waals surface area contributed by atoms with E-state index in [4.69, 9.17) is 16.3 Å². The molecule has 3 rings (SSSR count). The Morgan fingerprint density at radius 3 is 2.54 bits per heavy atom. The minimum absolute atomic E-state index is 0.00920. The highest BCUT2D eigenvalue weighted by atomic mass is 35.5. The van der Waals surface area contributed by atoms with E-state index in [9.17, 15) is 4.79 Å². The average molecular weight is 373 g/mol. The van der Waals surface area contributed by atoms with Gasteiger partial charge in [-0.2, -0.15) is 0 Å². The molecule has 0 bridgehead atoms. The molecule has 0 aliphatic heterocycles. The van der Waals surface area contributed by atoms with Crippen molar-refractivity contribution in [3.8, 4) is 5.75 Å². The zero-order valence-electron chi connectivity index (χ0n) is 15.1. The molecule has 2 amide bonds. The van der Waals surface area contributed by atoms with Gasteiger partial charge in [-0.3, -0.25) is 0 Å². The number of hydrogen-bond acceptors (Lipinski definition) is 2. The van der Waals surface area contributed by atoms with E-state index in [0.717, 1.165) is 12.8 Å². The van der Waals surface area contributed by atoms with E-state index in [1.54, 1.807) is 25.3 Å². The van der Waals surface area contributed by atoms with Crippen molar-refractivity contribution in [2.24, 2.45) is 0 Å². The van der Waals surface area contributed by atoms with Crippen molar-refractivity contribution in [2.45, 2.75) is 37.5 Å². The van der Waals surface area contributed by atoms with Crippen molar-refractivity contribution in [2.75, 3.05) is 19.0 Å². The van der Waals surface area contributed by atoms with Crippen LogP contribution in [0.1, 0.15) is 37.7 Å². The van der Waals surface area contributed by atoms with Gasteiger partial charge in [0.15, 0.2) is 0 Å². The molecule has 0 aromatic heterocycles. The summed E-state index contributed by atoms with van der Waals surface area (Å²) in [5.74, 6) is 0.583. The molecule has 2 aromatic rings. The fourth-order valence-electron chi connectivity index (χ4n) is 3.78. The molecule has 4 nitrogen and oxygen atoms in total. The van der Waals surface area contributed by atoms with Crippen LogP contribution in [0, 0.1) is 0 Å². The Morgan fingerprint density at radius 2 is 1.85 bits per heavy atom. The molecular formula is C21H25ClN2O2. The lowest BCUT2D eigenvalue weighted by Crippen LogP contribution is -2.43. The Morgan fingerprint density at radius 1 is 1.12 bits per heavy atom. The number of anilines is 1. The first-order valence-electron chi connectivity index (χ1n) is 9.07. The monoisotopic (exact) mass is 372 g/mol. The van der Waals surface area contributed by atoms with E-state index in [1.165, 1.54) is 24.8 Å². The molecule has 1 fully saturated rings. The number of carbonyl (C=O) groups excluding carboxylic acids is 1. The molecule has 0 radical (unpaired) electrons. The van der Waals surface area contributed by atoms with Gasteiger partial charge in [-0.1, -0.05) is 61.2 Å². The van der Waals surface area contributed by atoms with Gasteiger partial charge >= 0.3 is 6.03 Å². The van der Waals surface area contributed by atoms with E-state index >= 15 is 0 Å². The van der Waals surface area contributed by atoms with Crippen LogP contribution in [0.3, 0.4) is 0 Å². The second-order valence-electron chi connectivity index (χ2n) is 6.86. The Labute approximate surface area is 159 Å². The Bertz CT molecular complexity index is 743. The molecule has 0 spiro atoms. The van der Waals surface area contributed by atoms with Crippen molar-refractivity contribution in [3.05, 3.63) is 59.1 Å². The van der Waals surface area contributed by atoms with Crippen molar-refractivity contribution in [1.29, 1.82) is 0 Å². The second kappa shape index (κ2) is 8.45. The van der Waals surface area contributed by atoms with Gasteiger partial charge < -0.3 is 15.4 Å². The summed E-state index contributed by atoms with van der Waals surface area (Å²) < 4.78 is 5.28. The number of urea groups is 1. The van der Waals surface area contributed by atoms with Crippen LogP contribution in [0.25, 0.3) is 0 Å². The Hall–Kier alpha value is -2.20. The topological polar surface area (TPSA) is 50.4 Å². The molecule has 0 saturated heterocycles. The van der Waals surface area contributed by atoms with Crippen molar-refractivity contribution in [3.63, 3.8) is 0 Å². The van der Waals surface area contributed by atoms with Crippen LogP contribution in [-0.4, -0.2) is 19.7 Å². The summed E-state index contributed by atoms with van der Waals surface area (Å²) in [4.78, 5) is 12.5. The summed E-state index contributed by atoms with van der Waals surface area (Å²) in [5, 5.41) is 6.46. The summed E-state index contributed by atoms with van der Waals surface area (Å²) >= 11 is 6.03. The highest BCUT2D eigenvalue weighted by Crippen LogP contribution is 2.39. The third-order valence-electron chi connectivity index (χ3n) is 5.19. The molecule has 0 unspecified atom stereocenters. The minimum Gasteiger partial charge on any atom is -0.495 e. The van der Waals surface area contributed by atoms with Gasteiger partial charge in [0.2, 0.25) is 0 Å². The fourth-order valence-corrected chi connectivity index (χ4v) is 3.95. The first-order chi connectivity index (χ1) is 12.6. The first-order valence-corrected chi connectivity index (χ1v) is 9.45. The zero-order chi connectivity index (χ0) is 18.4. The number of halogens is 1. The van der Waals surface area contributed by atoms with E-state index in [0.29, 0.717) is 23.0 Å². The molecule has 0 atom stereocenters. The number of amides is 2. The van der Waals surface area contributed by atoms with Crippen LogP contribution in [-0.2, 0) is 5.41 Å². The number of carbonyl (C=O) groups is 1. The van der Waals surface area contributed by atoms with Gasteiger partial charge in [0.25, 0.3) is 0 Å². The number of hydrogen-bond donors (Lipinski definition) is 2. The molecule has 26 heavy (non-hydrogen) atoms. The summed E-state index contributed by atoms with van der Waals surface area (Å²) in [6, 6.07) is 15.4. The van der Waals surface area contributed by atoms with Crippen molar-refractivity contribution < 1.29 is 9.53 Å². The predicted octanol–water partition coefficient (Wildman–Crippen LogP) is 5.37. The molecular weight excluding hydrogens is 348 g/mol. The molecule has 1 saturated carbocycles. The van der Waals surface area contributed by atoms with Crippen molar-refractivity contribution in [1.82, 2.24) is 5.32 Å². The second-order valence-corrected chi connectivity index (χ2v) is 7.30. The average Bonchev–Trinajstić information content (AvgIpc) is 2.68. The molecule has 0 heterocycles. The van der Waals surface area contributed by atoms with Gasteiger partial charge in [0.05, 0.1) is 12.8 Å². The van der Waals surface area contributed by atoms with E-state index in [2.05, 4.69) is 34.9 Å². The number of benzene rings is 2. The summed E-state index contributed by atoms with van der Waals surface area (Å²) in [5.41, 5.74) is 1.88. The number of nitrogens with one attached hydrogen (secondary N) is 2. The van der Waals surface area contributed by atoms with Gasteiger partial charge in [-0.25, -0.2) is 4.79 Å².